The van der Waals surface area contributed by atoms with Gasteiger partial charge >= 0.3 is 5.97 Å². The van der Waals surface area contributed by atoms with E-state index in [9.17, 15) is 19.8 Å². The molecule has 0 aliphatic carbocycles. The number of nitrogens with zero attached hydrogens (tertiary/aromatic N) is 1. The number of carbonyl (C=O) groups excluding carboxylic acids is 1. The van der Waals surface area contributed by atoms with E-state index < -0.39 is 17.5 Å². The zero-order valence-corrected chi connectivity index (χ0v) is 15.9. The number of carboxylic acids is 1. The number of hydrogen-bond acceptors (Lipinski definition) is 4. The maximum absolute atomic E-state index is 12.8. The third-order valence-corrected chi connectivity index (χ3v) is 5.44. The average molecular weight is 383 g/mol. The summed E-state index contributed by atoms with van der Waals surface area (Å²) in [6.07, 6.45) is -0.402. The van der Waals surface area contributed by atoms with Crippen molar-refractivity contribution in [3.05, 3.63) is 65.7 Å². The van der Waals surface area contributed by atoms with Gasteiger partial charge in [0.05, 0.1) is 19.6 Å². The van der Waals surface area contributed by atoms with Crippen LogP contribution in [0.4, 0.5) is 0 Å². The van der Waals surface area contributed by atoms with Crippen molar-refractivity contribution in [2.45, 2.75) is 25.4 Å². The smallest absolute Gasteiger partial charge is 0.314 e. The molecule has 28 heavy (non-hydrogen) atoms. The minimum absolute atomic E-state index is 0.00657. The number of carbonyl (C=O) groups is 2. The molecule has 1 saturated heterocycles. The number of piperidine rings is 1. The van der Waals surface area contributed by atoms with Crippen molar-refractivity contribution in [3.63, 3.8) is 0 Å². The summed E-state index contributed by atoms with van der Waals surface area (Å²) >= 11 is 0. The Labute approximate surface area is 164 Å². The summed E-state index contributed by atoms with van der Waals surface area (Å²) in [7, 11) is 1.58. The zero-order chi connectivity index (χ0) is 20.1. The van der Waals surface area contributed by atoms with Crippen molar-refractivity contribution in [2.24, 2.45) is 5.41 Å². The van der Waals surface area contributed by atoms with Crippen molar-refractivity contribution in [2.75, 3.05) is 20.2 Å². The number of aliphatic hydroxyl groups excluding tert-OH is 1. The molecule has 0 aromatic heterocycles. The Hall–Kier alpha value is -2.86. The zero-order valence-electron chi connectivity index (χ0n) is 15.9. The first-order chi connectivity index (χ1) is 13.4. The van der Waals surface area contributed by atoms with E-state index in [0.29, 0.717) is 12.3 Å². The van der Waals surface area contributed by atoms with Gasteiger partial charge in [-0.1, -0.05) is 42.5 Å². The molecule has 2 N–H and O–H groups in total. The Morgan fingerprint density at radius 2 is 1.79 bits per heavy atom. The standard InChI is InChI=1S/C22H25NO5/c1-28-18-9-7-16(8-10-18)13-20(25)23-12-11-19(24)22(15-23,21(26)27)14-17-5-3-2-4-6-17/h2-10,19,24H,11-15H2,1H3,(H,26,27)/t19-,22-/m0/s1. The average Bonchev–Trinajstić information content (AvgIpc) is 2.70. The van der Waals surface area contributed by atoms with Crippen LogP contribution in [0.2, 0.25) is 0 Å². The summed E-state index contributed by atoms with van der Waals surface area (Å²) in [6, 6.07) is 16.5. The Balaban J connectivity index is 1.77. The number of carboxylic acid groups (broad SMARTS) is 1. The van der Waals surface area contributed by atoms with Gasteiger partial charge in [-0.25, -0.2) is 0 Å². The number of ether oxygens (including phenoxy) is 1. The molecule has 0 radical (unpaired) electrons. The molecule has 1 heterocycles. The molecule has 6 heteroatoms. The predicted molar refractivity (Wildman–Crippen MR) is 104 cm³/mol. The summed E-state index contributed by atoms with van der Waals surface area (Å²) < 4.78 is 5.12. The van der Waals surface area contributed by atoms with Crippen LogP contribution < -0.4 is 4.74 Å². The summed E-state index contributed by atoms with van der Waals surface area (Å²) in [6.45, 7) is 0.341. The number of likely N-dealkylation sites (tertiary alicyclic amines) is 1. The monoisotopic (exact) mass is 383 g/mol. The molecule has 1 aliphatic heterocycles. The number of hydrogen-bond donors (Lipinski definition) is 2. The molecule has 0 bridgehead atoms. The quantitative estimate of drug-likeness (QED) is 0.798. The van der Waals surface area contributed by atoms with Crippen molar-refractivity contribution < 1.29 is 24.5 Å². The molecule has 0 unspecified atom stereocenters. The highest BCUT2D eigenvalue weighted by molar-refractivity contribution is 5.82. The molecular weight excluding hydrogens is 358 g/mol. The molecule has 148 valence electrons. The lowest BCUT2D eigenvalue weighted by Gasteiger charge is -2.43. The third kappa shape index (κ3) is 4.17. The number of aliphatic carboxylic acids is 1. The summed E-state index contributed by atoms with van der Waals surface area (Å²) in [5, 5.41) is 20.5. The fraction of sp³-hybridized carbons (Fsp3) is 0.364. The highest BCUT2D eigenvalue weighted by Gasteiger charge is 2.50. The second-order valence-corrected chi connectivity index (χ2v) is 7.27. The van der Waals surface area contributed by atoms with Gasteiger partial charge in [-0.15, -0.1) is 0 Å². The van der Waals surface area contributed by atoms with Crippen LogP contribution in [0.15, 0.2) is 54.6 Å². The van der Waals surface area contributed by atoms with Crippen LogP contribution in [0.3, 0.4) is 0 Å². The Morgan fingerprint density at radius 3 is 2.39 bits per heavy atom. The first-order valence-corrected chi connectivity index (χ1v) is 9.31. The SMILES string of the molecule is COc1ccc(CC(=O)N2CC[C@H](O)[C@@](Cc3ccccc3)(C(=O)O)C2)cc1. The molecule has 1 amide bonds. The van der Waals surface area contributed by atoms with Crippen LogP contribution in [-0.4, -0.2) is 53.3 Å². The van der Waals surface area contributed by atoms with Gasteiger partial charge in [0, 0.05) is 13.1 Å². The summed E-state index contributed by atoms with van der Waals surface area (Å²) in [5.74, 6) is -0.508. The lowest BCUT2D eigenvalue weighted by Crippen LogP contribution is -2.58. The lowest BCUT2D eigenvalue weighted by molar-refractivity contribution is -0.165. The topological polar surface area (TPSA) is 87.1 Å². The molecule has 3 rings (SSSR count). The van der Waals surface area contributed by atoms with Gasteiger partial charge in [0.15, 0.2) is 0 Å². The van der Waals surface area contributed by atoms with Crippen molar-refractivity contribution in [3.8, 4) is 5.75 Å². The van der Waals surface area contributed by atoms with Crippen LogP contribution in [0, 0.1) is 5.41 Å². The molecule has 0 spiro atoms. The Morgan fingerprint density at radius 1 is 1.11 bits per heavy atom. The van der Waals surface area contributed by atoms with Gasteiger partial charge in [0.2, 0.25) is 5.91 Å². The van der Waals surface area contributed by atoms with Crippen molar-refractivity contribution >= 4 is 11.9 Å². The summed E-state index contributed by atoms with van der Waals surface area (Å²) in [4.78, 5) is 26.6. The van der Waals surface area contributed by atoms with Gasteiger partial charge in [-0.3, -0.25) is 9.59 Å². The molecule has 1 aliphatic rings. The van der Waals surface area contributed by atoms with E-state index in [2.05, 4.69) is 0 Å². The normalized spacial score (nSPS) is 21.9. The van der Waals surface area contributed by atoms with Crippen LogP contribution in [-0.2, 0) is 22.4 Å². The molecule has 2 aromatic carbocycles. The molecule has 1 fully saturated rings. The first kappa shape index (κ1) is 19.9. The van der Waals surface area contributed by atoms with Crippen LogP contribution >= 0.6 is 0 Å². The number of methoxy groups -OCH3 is 1. The molecule has 0 saturated carbocycles. The van der Waals surface area contributed by atoms with Crippen molar-refractivity contribution in [1.29, 1.82) is 0 Å². The highest BCUT2D eigenvalue weighted by atomic mass is 16.5. The number of amides is 1. The minimum atomic E-state index is -1.41. The fourth-order valence-electron chi connectivity index (χ4n) is 3.74. The second kappa shape index (κ2) is 8.44. The summed E-state index contributed by atoms with van der Waals surface area (Å²) in [5.41, 5.74) is 0.254. The lowest BCUT2D eigenvalue weighted by atomic mass is 9.72. The van der Waals surface area contributed by atoms with Gasteiger partial charge in [0.1, 0.15) is 11.2 Å². The van der Waals surface area contributed by atoms with E-state index >= 15 is 0 Å². The van der Waals surface area contributed by atoms with E-state index in [0.717, 1.165) is 11.1 Å². The Kier molecular flexibility index (Phi) is 5.99. The number of benzene rings is 2. The number of rotatable bonds is 6. The minimum Gasteiger partial charge on any atom is -0.497 e. The van der Waals surface area contributed by atoms with Crippen molar-refractivity contribution in [1.82, 2.24) is 4.90 Å². The maximum atomic E-state index is 12.8. The van der Waals surface area contributed by atoms with Gasteiger partial charge in [0.25, 0.3) is 0 Å². The molecule has 2 aromatic rings. The highest BCUT2D eigenvalue weighted by Crippen LogP contribution is 2.35. The molecule has 2 atom stereocenters. The molecular formula is C22H25NO5. The van der Waals surface area contributed by atoms with Crippen LogP contribution in [0.25, 0.3) is 0 Å². The first-order valence-electron chi connectivity index (χ1n) is 9.31. The maximum Gasteiger partial charge on any atom is 0.314 e. The largest absolute Gasteiger partial charge is 0.497 e. The van der Waals surface area contributed by atoms with Gasteiger partial charge in [-0.05, 0) is 36.1 Å². The predicted octanol–water partition coefficient (Wildman–Crippen LogP) is 2.14. The fourth-order valence-corrected chi connectivity index (χ4v) is 3.74. The Bertz CT molecular complexity index is 821. The van der Waals surface area contributed by atoms with Crippen LogP contribution in [0.1, 0.15) is 17.5 Å². The second-order valence-electron chi connectivity index (χ2n) is 7.27. The van der Waals surface area contributed by atoms with Gasteiger partial charge < -0.3 is 19.8 Å². The third-order valence-electron chi connectivity index (χ3n) is 5.44. The van der Waals surface area contributed by atoms with E-state index in [1.807, 2.05) is 42.5 Å². The van der Waals surface area contributed by atoms with E-state index in [1.165, 1.54) is 0 Å². The van der Waals surface area contributed by atoms with E-state index in [1.54, 1.807) is 24.1 Å². The van der Waals surface area contributed by atoms with E-state index in [4.69, 9.17) is 4.74 Å². The van der Waals surface area contributed by atoms with Crippen LogP contribution in [0.5, 0.6) is 5.75 Å². The van der Waals surface area contributed by atoms with E-state index in [-0.39, 0.29) is 31.7 Å². The van der Waals surface area contributed by atoms with Gasteiger partial charge in [-0.2, -0.15) is 0 Å². The number of aliphatic hydroxyl groups is 1. The molecule has 6 nitrogen and oxygen atoms in total.